The van der Waals surface area contributed by atoms with E-state index in [0.717, 1.165) is 32.4 Å². The molecule has 0 aromatic rings. The Balaban J connectivity index is 2.37. The van der Waals surface area contributed by atoms with Crippen molar-refractivity contribution in [1.29, 1.82) is 0 Å². The molecule has 0 aliphatic carbocycles. The molecule has 1 aliphatic heterocycles. The Morgan fingerprint density at radius 3 is 2.68 bits per heavy atom. The van der Waals surface area contributed by atoms with Gasteiger partial charge in [0, 0.05) is 13.1 Å². The van der Waals surface area contributed by atoms with Gasteiger partial charge in [-0.1, -0.05) is 19.8 Å². The monoisotopic (exact) mass is 270 g/mol. The summed E-state index contributed by atoms with van der Waals surface area (Å²) in [6.45, 7) is 9.07. The van der Waals surface area contributed by atoms with E-state index in [1.54, 1.807) is 20.8 Å². The van der Waals surface area contributed by atoms with Gasteiger partial charge in [0.05, 0.1) is 0 Å². The largest absolute Gasteiger partial charge is 0.444 e. The minimum absolute atomic E-state index is 0.0157. The molecule has 0 aromatic carbocycles. The number of rotatable bonds is 5. The van der Waals surface area contributed by atoms with Crippen molar-refractivity contribution in [3.05, 3.63) is 0 Å². The zero-order valence-electron chi connectivity index (χ0n) is 12.5. The van der Waals surface area contributed by atoms with Crippen LogP contribution in [-0.2, 0) is 9.53 Å². The quantitative estimate of drug-likeness (QED) is 0.780. The van der Waals surface area contributed by atoms with Crippen LogP contribution in [0.2, 0.25) is 0 Å². The number of carbonyl (C=O) groups is 2. The summed E-state index contributed by atoms with van der Waals surface area (Å²) in [5.74, 6) is 0.0157. The highest BCUT2D eigenvalue weighted by Gasteiger charge is 2.33. The summed E-state index contributed by atoms with van der Waals surface area (Å²) in [6.07, 6.45) is 3.46. The number of alkyl carbamates (subject to hydrolysis) is 1. The smallest absolute Gasteiger partial charge is 0.408 e. The van der Waals surface area contributed by atoms with Gasteiger partial charge in [0.15, 0.2) is 0 Å². The van der Waals surface area contributed by atoms with Crippen molar-refractivity contribution in [2.45, 2.75) is 65.0 Å². The third-order valence-corrected chi connectivity index (χ3v) is 3.02. The third-order valence-electron chi connectivity index (χ3n) is 3.02. The molecule has 0 bridgehead atoms. The van der Waals surface area contributed by atoms with E-state index in [1.165, 1.54) is 0 Å². The number of hydrogen-bond donors (Lipinski definition) is 1. The first-order valence-corrected chi connectivity index (χ1v) is 7.12. The van der Waals surface area contributed by atoms with Crippen LogP contribution in [0.3, 0.4) is 0 Å². The SMILES string of the molecule is CCCCCN1CCC(NC(=O)OC(C)(C)C)C1=O. The predicted octanol–water partition coefficient (Wildman–Crippen LogP) is 2.30. The van der Waals surface area contributed by atoms with Crippen LogP contribution in [0.5, 0.6) is 0 Å². The fraction of sp³-hybridized carbons (Fsp3) is 0.857. The highest BCUT2D eigenvalue weighted by molar-refractivity contribution is 5.87. The zero-order chi connectivity index (χ0) is 14.5. The van der Waals surface area contributed by atoms with Gasteiger partial charge in [0.1, 0.15) is 11.6 Å². The Morgan fingerprint density at radius 1 is 1.42 bits per heavy atom. The number of amides is 2. The summed E-state index contributed by atoms with van der Waals surface area (Å²) in [7, 11) is 0. The number of ether oxygens (including phenoxy) is 1. The standard InChI is InChI=1S/C14H26N2O3/c1-5-6-7-9-16-10-8-11(12(16)17)15-13(18)19-14(2,3)4/h11H,5-10H2,1-4H3,(H,15,18). The lowest BCUT2D eigenvalue weighted by Crippen LogP contribution is -2.43. The summed E-state index contributed by atoms with van der Waals surface area (Å²) in [6, 6.07) is -0.420. The molecule has 1 fully saturated rings. The van der Waals surface area contributed by atoms with Gasteiger partial charge in [-0.25, -0.2) is 4.79 Å². The fourth-order valence-corrected chi connectivity index (χ4v) is 2.10. The van der Waals surface area contributed by atoms with E-state index in [4.69, 9.17) is 4.74 Å². The number of carbonyl (C=O) groups excluding carboxylic acids is 2. The molecule has 1 saturated heterocycles. The molecule has 0 spiro atoms. The van der Waals surface area contributed by atoms with Crippen molar-refractivity contribution in [1.82, 2.24) is 10.2 Å². The summed E-state index contributed by atoms with van der Waals surface area (Å²) < 4.78 is 5.16. The molecule has 1 heterocycles. The number of nitrogens with zero attached hydrogens (tertiary/aromatic N) is 1. The van der Waals surface area contributed by atoms with Gasteiger partial charge >= 0.3 is 6.09 Å². The molecule has 0 aromatic heterocycles. The van der Waals surface area contributed by atoms with Gasteiger partial charge in [0.2, 0.25) is 5.91 Å². The van der Waals surface area contributed by atoms with Crippen molar-refractivity contribution in [2.24, 2.45) is 0 Å². The van der Waals surface area contributed by atoms with E-state index >= 15 is 0 Å². The van der Waals surface area contributed by atoms with Gasteiger partial charge in [-0.3, -0.25) is 4.79 Å². The predicted molar refractivity (Wildman–Crippen MR) is 73.9 cm³/mol. The van der Waals surface area contributed by atoms with Crippen molar-refractivity contribution in [2.75, 3.05) is 13.1 Å². The maximum absolute atomic E-state index is 12.1. The normalized spacial score (nSPS) is 19.7. The van der Waals surface area contributed by atoms with Crippen molar-refractivity contribution >= 4 is 12.0 Å². The Morgan fingerprint density at radius 2 is 2.11 bits per heavy atom. The first-order chi connectivity index (χ1) is 8.83. The molecule has 5 heteroatoms. The molecular formula is C14H26N2O3. The number of unbranched alkanes of at least 4 members (excludes halogenated alkanes) is 2. The molecule has 1 rings (SSSR count). The average molecular weight is 270 g/mol. The molecule has 2 amide bonds. The second-order valence-electron chi connectivity index (χ2n) is 6.02. The first kappa shape index (κ1) is 15.8. The molecule has 19 heavy (non-hydrogen) atoms. The van der Waals surface area contributed by atoms with E-state index in [-0.39, 0.29) is 5.91 Å². The Labute approximate surface area is 115 Å². The van der Waals surface area contributed by atoms with Gasteiger partial charge in [-0.05, 0) is 33.6 Å². The van der Waals surface area contributed by atoms with Gasteiger partial charge in [0.25, 0.3) is 0 Å². The third kappa shape index (κ3) is 5.49. The van der Waals surface area contributed by atoms with Crippen LogP contribution in [0.4, 0.5) is 4.79 Å². The van der Waals surface area contributed by atoms with Gasteiger partial charge in [-0.15, -0.1) is 0 Å². The van der Waals surface area contributed by atoms with E-state index in [0.29, 0.717) is 6.42 Å². The Bertz CT molecular complexity index is 323. The van der Waals surface area contributed by atoms with E-state index in [9.17, 15) is 9.59 Å². The zero-order valence-corrected chi connectivity index (χ0v) is 12.5. The lowest BCUT2D eigenvalue weighted by molar-refractivity contribution is -0.129. The van der Waals surface area contributed by atoms with Crippen LogP contribution in [0.1, 0.15) is 53.4 Å². The molecule has 1 unspecified atom stereocenters. The molecule has 110 valence electrons. The van der Waals surface area contributed by atoms with Crippen molar-refractivity contribution in [3.63, 3.8) is 0 Å². The highest BCUT2D eigenvalue weighted by Crippen LogP contribution is 2.14. The Hall–Kier alpha value is -1.26. The van der Waals surface area contributed by atoms with Gasteiger partial charge < -0.3 is 15.0 Å². The fourth-order valence-electron chi connectivity index (χ4n) is 2.10. The maximum Gasteiger partial charge on any atom is 0.408 e. The average Bonchev–Trinajstić information content (AvgIpc) is 2.59. The van der Waals surface area contributed by atoms with E-state index < -0.39 is 17.7 Å². The van der Waals surface area contributed by atoms with Crippen LogP contribution in [0.25, 0.3) is 0 Å². The number of nitrogens with one attached hydrogen (secondary N) is 1. The number of hydrogen-bond acceptors (Lipinski definition) is 3. The minimum atomic E-state index is -0.535. The summed E-state index contributed by atoms with van der Waals surface area (Å²) >= 11 is 0. The van der Waals surface area contributed by atoms with E-state index in [2.05, 4.69) is 12.2 Å². The molecular weight excluding hydrogens is 244 g/mol. The molecule has 1 N–H and O–H groups in total. The summed E-state index contributed by atoms with van der Waals surface area (Å²) in [5, 5.41) is 2.65. The molecule has 0 saturated carbocycles. The lowest BCUT2D eigenvalue weighted by atomic mass is 10.2. The molecule has 0 radical (unpaired) electrons. The highest BCUT2D eigenvalue weighted by atomic mass is 16.6. The van der Waals surface area contributed by atoms with Crippen LogP contribution < -0.4 is 5.32 Å². The van der Waals surface area contributed by atoms with Crippen LogP contribution >= 0.6 is 0 Å². The molecule has 1 atom stereocenters. The van der Waals surface area contributed by atoms with Crippen LogP contribution in [0, 0.1) is 0 Å². The minimum Gasteiger partial charge on any atom is -0.444 e. The van der Waals surface area contributed by atoms with Crippen molar-refractivity contribution < 1.29 is 14.3 Å². The lowest BCUT2D eigenvalue weighted by Gasteiger charge is -2.21. The second-order valence-corrected chi connectivity index (χ2v) is 6.02. The first-order valence-electron chi connectivity index (χ1n) is 7.12. The van der Waals surface area contributed by atoms with Crippen molar-refractivity contribution in [3.8, 4) is 0 Å². The van der Waals surface area contributed by atoms with Crippen LogP contribution in [-0.4, -0.2) is 41.6 Å². The molecule has 5 nitrogen and oxygen atoms in total. The topological polar surface area (TPSA) is 58.6 Å². The van der Waals surface area contributed by atoms with Gasteiger partial charge in [-0.2, -0.15) is 0 Å². The Kier molecular flexibility index (Phi) is 5.63. The summed E-state index contributed by atoms with van der Waals surface area (Å²) in [5.41, 5.74) is -0.535. The second kappa shape index (κ2) is 6.78. The summed E-state index contributed by atoms with van der Waals surface area (Å²) in [4.78, 5) is 25.5. The number of likely N-dealkylation sites (tertiary alicyclic amines) is 1. The molecule has 1 aliphatic rings. The van der Waals surface area contributed by atoms with E-state index in [1.807, 2.05) is 4.90 Å². The maximum atomic E-state index is 12.1. The van der Waals surface area contributed by atoms with Crippen LogP contribution in [0.15, 0.2) is 0 Å².